The van der Waals surface area contributed by atoms with Crippen LogP contribution in [0.2, 0.25) is 0 Å². The van der Waals surface area contributed by atoms with Crippen molar-refractivity contribution in [1.82, 2.24) is 4.98 Å². The van der Waals surface area contributed by atoms with E-state index in [0.717, 1.165) is 27.0 Å². The van der Waals surface area contributed by atoms with Gasteiger partial charge in [0.15, 0.2) is 5.60 Å². The van der Waals surface area contributed by atoms with Gasteiger partial charge in [0.05, 0.1) is 17.6 Å². The molecule has 0 spiro atoms. The number of fused-ring (bicyclic) bond motifs is 3. The standard InChI is InChI=1S/C20H17N3O2S/c1-11-7-15-16(8-12(11)2)22-19-20(25,17(15)24)4-5-23(19)14-9-13-3-6-26-18(13)21-10-14/h3,6-10,25H,4-5H2,1-2H3/t20-/m1/s1. The highest BCUT2D eigenvalue weighted by Crippen LogP contribution is 2.40. The van der Waals surface area contributed by atoms with Gasteiger partial charge in [-0.2, -0.15) is 0 Å². The predicted molar refractivity (Wildman–Crippen MR) is 104 cm³/mol. The number of aromatic nitrogens is 1. The van der Waals surface area contributed by atoms with E-state index < -0.39 is 5.60 Å². The maximum atomic E-state index is 13.1. The average Bonchev–Trinajstić information content (AvgIpc) is 3.22. The predicted octanol–water partition coefficient (Wildman–Crippen LogP) is 3.78. The Morgan fingerprint density at radius 3 is 2.88 bits per heavy atom. The Morgan fingerprint density at radius 1 is 1.23 bits per heavy atom. The molecule has 4 heterocycles. The molecule has 26 heavy (non-hydrogen) atoms. The number of benzene rings is 1. The fraction of sp³-hybridized carbons (Fsp3) is 0.250. The van der Waals surface area contributed by atoms with Gasteiger partial charge in [-0.25, -0.2) is 9.98 Å². The summed E-state index contributed by atoms with van der Waals surface area (Å²) in [4.78, 5) is 25.1. The number of carbonyl (C=O) groups is 1. The molecule has 5 nitrogen and oxygen atoms in total. The number of ketones is 1. The van der Waals surface area contributed by atoms with Crippen molar-refractivity contribution in [2.45, 2.75) is 25.9 Å². The van der Waals surface area contributed by atoms with Crippen LogP contribution in [0.4, 0.5) is 11.4 Å². The second-order valence-corrected chi connectivity index (χ2v) is 7.88. The number of aliphatic hydroxyl groups is 1. The summed E-state index contributed by atoms with van der Waals surface area (Å²) >= 11 is 1.59. The molecular weight excluding hydrogens is 346 g/mol. The number of hydrogen-bond acceptors (Lipinski definition) is 6. The minimum absolute atomic E-state index is 0.257. The Morgan fingerprint density at radius 2 is 2.04 bits per heavy atom. The van der Waals surface area contributed by atoms with Crippen LogP contribution in [0.1, 0.15) is 27.9 Å². The first-order valence-corrected chi connectivity index (χ1v) is 9.44. The number of Topliss-reactive ketones (excluding diaryl/α,β-unsaturated/α-hetero) is 1. The van der Waals surface area contributed by atoms with Gasteiger partial charge in [0.1, 0.15) is 10.7 Å². The number of aliphatic imine (C=N–C) groups is 1. The van der Waals surface area contributed by atoms with Crippen LogP contribution in [0, 0.1) is 13.8 Å². The summed E-state index contributed by atoms with van der Waals surface area (Å²) in [5.74, 6) is 0.155. The Bertz CT molecular complexity index is 1120. The molecule has 3 aromatic rings. The maximum absolute atomic E-state index is 13.1. The molecule has 2 aliphatic heterocycles. The first-order chi connectivity index (χ1) is 12.5. The van der Waals surface area contributed by atoms with Crippen LogP contribution in [0.3, 0.4) is 0 Å². The number of amidine groups is 1. The smallest absolute Gasteiger partial charge is 0.204 e. The Kier molecular flexibility index (Phi) is 3.14. The zero-order valence-electron chi connectivity index (χ0n) is 14.5. The van der Waals surface area contributed by atoms with Crippen molar-refractivity contribution in [2.24, 2.45) is 4.99 Å². The minimum Gasteiger partial charge on any atom is -0.374 e. The number of rotatable bonds is 1. The lowest BCUT2D eigenvalue weighted by atomic mass is 9.86. The van der Waals surface area contributed by atoms with Gasteiger partial charge in [0.25, 0.3) is 0 Å². The molecule has 1 aromatic carbocycles. The number of thiophene rings is 1. The molecule has 1 saturated heterocycles. The zero-order chi connectivity index (χ0) is 18.1. The van der Waals surface area contributed by atoms with E-state index in [1.54, 1.807) is 17.5 Å². The van der Waals surface area contributed by atoms with E-state index in [0.29, 0.717) is 30.1 Å². The van der Waals surface area contributed by atoms with E-state index in [2.05, 4.69) is 4.98 Å². The molecule has 0 radical (unpaired) electrons. The molecule has 5 rings (SSSR count). The highest BCUT2D eigenvalue weighted by atomic mass is 32.1. The summed E-state index contributed by atoms with van der Waals surface area (Å²) in [6.07, 6.45) is 2.12. The van der Waals surface area contributed by atoms with Crippen molar-refractivity contribution < 1.29 is 9.90 Å². The third kappa shape index (κ3) is 2.03. The van der Waals surface area contributed by atoms with Crippen molar-refractivity contribution >= 4 is 44.5 Å². The second kappa shape index (κ2) is 5.22. The van der Waals surface area contributed by atoms with Gasteiger partial charge in [-0.1, -0.05) is 0 Å². The molecule has 0 saturated carbocycles. The highest BCUT2D eigenvalue weighted by Gasteiger charge is 2.52. The monoisotopic (exact) mass is 363 g/mol. The van der Waals surface area contributed by atoms with E-state index in [1.165, 1.54) is 0 Å². The van der Waals surface area contributed by atoms with Crippen LogP contribution in [0.25, 0.3) is 10.2 Å². The molecule has 1 N–H and O–H groups in total. The molecule has 0 aliphatic carbocycles. The van der Waals surface area contributed by atoms with Crippen molar-refractivity contribution in [3.8, 4) is 0 Å². The molecule has 0 amide bonds. The lowest BCUT2D eigenvalue weighted by Gasteiger charge is -2.30. The SMILES string of the molecule is Cc1cc2c(cc1C)C(=O)[C@]1(O)CCN(c3cnc4sccc4c3)C1=N2. The van der Waals surface area contributed by atoms with E-state index in [4.69, 9.17) is 4.99 Å². The maximum Gasteiger partial charge on any atom is 0.204 e. The summed E-state index contributed by atoms with van der Waals surface area (Å²) in [6.45, 7) is 4.50. The Hall–Kier alpha value is -2.57. The third-order valence-corrected chi connectivity index (χ3v) is 6.22. The largest absolute Gasteiger partial charge is 0.374 e. The molecule has 2 aliphatic rings. The summed E-state index contributed by atoms with van der Waals surface area (Å²) in [5.41, 5.74) is 2.55. The van der Waals surface area contributed by atoms with Crippen LogP contribution < -0.4 is 4.90 Å². The van der Waals surface area contributed by atoms with Crippen LogP contribution in [-0.2, 0) is 0 Å². The highest BCUT2D eigenvalue weighted by molar-refractivity contribution is 7.16. The average molecular weight is 363 g/mol. The number of nitrogens with zero attached hydrogens (tertiary/aromatic N) is 3. The van der Waals surface area contributed by atoms with Gasteiger partial charge < -0.3 is 10.0 Å². The second-order valence-electron chi connectivity index (χ2n) is 6.99. The van der Waals surface area contributed by atoms with Gasteiger partial charge in [-0.05, 0) is 54.6 Å². The van der Waals surface area contributed by atoms with Gasteiger partial charge in [-0.3, -0.25) is 4.79 Å². The quantitative estimate of drug-likeness (QED) is 0.714. The number of carbonyl (C=O) groups excluding carboxylic acids is 1. The minimum atomic E-state index is -1.56. The van der Waals surface area contributed by atoms with E-state index in [-0.39, 0.29) is 5.78 Å². The molecule has 1 fully saturated rings. The number of anilines is 1. The van der Waals surface area contributed by atoms with Gasteiger partial charge >= 0.3 is 0 Å². The van der Waals surface area contributed by atoms with Crippen molar-refractivity contribution in [2.75, 3.05) is 11.4 Å². The summed E-state index contributed by atoms with van der Waals surface area (Å²) in [6, 6.07) is 7.82. The summed E-state index contributed by atoms with van der Waals surface area (Å²) in [5, 5.41) is 14.2. The fourth-order valence-electron chi connectivity index (χ4n) is 3.74. The van der Waals surface area contributed by atoms with E-state index in [9.17, 15) is 9.90 Å². The van der Waals surface area contributed by atoms with Crippen molar-refractivity contribution in [3.63, 3.8) is 0 Å². The van der Waals surface area contributed by atoms with Crippen LogP contribution in [-0.4, -0.2) is 33.9 Å². The first kappa shape index (κ1) is 15.7. The zero-order valence-corrected chi connectivity index (χ0v) is 15.3. The molecule has 2 aromatic heterocycles. The van der Waals surface area contributed by atoms with Crippen LogP contribution in [0.15, 0.2) is 40.8 Å². The lowest BCUT2D eigenvalue weighted by Crippen LogP contribution is -2.48. The first-order valence-electron chi connectivity index (χ1n) is 8.56. The van der Waals surface area contributed by atoms with Crippen LogP contribution >= 0.6 is 11.3 Å². The molecule has 0 unspecified atom stereocenters. The Balaban J connectivity index is 1.67. The lowest BCUT2D eigenvalue weighted by molar-refractivity contribution is 0.0602. The molecule has 0 bridgehead atoms. The summed E-state index contributed by atoms with van der Waals surface area (Å²) < 4.78 is 0. The number of pyridine rings is 1. The van der Waals surface area contributed by atoms with Crippen molar-refractivity contribution in [3.05, 3.63) is 52.5 Å². The Labute approximate surface area is 154 Å². The van der Waals surface area contributed by atoms with Gasteiger partial charge in [0.2, 0.25) is 5.78 Å². The number of hydrogen-bond donors (Lipinski definition) is 1. The van der Waals surface area contributed by atoms with Gasteiger partial charge in [-0.15, -0.1) is 11.3 Å². The number of aryl methyl sites for hydroxylation is 2. The molecule has 6 heteroatoms. The molecular formula is C20H17N3O2S. The van der Waals surface area contributed by atoms with E-state index >= 15 is 0 Å². The third-order valence-electron chi connectivity index (χ3n) is 5.38. The molecule has 1 atom stereocenters. The fourth-order valence-corrected chi connectivity index (χ4v) is 4.46. The van der Waals surface area contributed by atoms with E-state index in [1.807, 2.05) is 48.4 Å². The van der Waals surface area contributed by atoms with Crippen molar-refractivity contribution in [1.29, 1.82) is 0 Å². The summed E-state index contributed by atoms with van der Waals surface area (Å²) in [7, 11) is 0. The van der Waals surface area contributed by atoms with Crippen LogP contribution in [0.5, 0.6) is 0 Å². The normalized spacial score (nSPS) is 21.7. The molecule has 130 valence electrons. The van der Waals surface area contributed by atoms with Gasteiger partial charge in [0, 0.05) is 23.9 Å². The topological polar surface area (TPSA) is 65.8 Å².